The Hall–Kier alpha value is -1.16. The maximum absolute atomic E-state index is 5.87. The molecule has 2 N–H and O–H groups in total. The molecule has 0 aliphatic rings. The topological polar surface area (TPSA) is 64.2 Å². The number of anilines is 1. The summed E-state index contributed by atoms with van der Waals surface area (Å²) < 4.78 is 0. The highest BCUT2D eigenvalue weighted by atomic mass is 35.5. The van der Waals surface area contributed by atoms with Crippen LogP contribution in [0.4, 0.5) is 11.6 Å². The lowest BCUT2D eigenvalue weighted by Gasteiger charge is -2.01. The molecule has 0 saturated carbocycles. The zero-order valence-corrected chi connectivity index (χ0v) is 9.04. The Balaban J connectivity index is 2.96. The number of aromatic nitrogens is 2. The fourth-order valence-electron chi connectivity index (χ4n) is 0.984. The van der Waals surface area contributed by atoms with E-state index >= 15 is 0 Å². The smallest absolute Gasteiger partial charge is 0.221 e. The van der Waals surface area contributed by atoms with Crippen LogP contribution in [0.15, 0.2) is 4.99 Å². The lowest BCUT2D eigenvalue weighted by Crippen LogP contribution is -1.97. The molecule has 0 spiro atoms. The van der Waals surface area contributed by atoms with Gasteiger partial charge in [0, 0.05) is 6.21 Å². The van der Waals surface area contributed by atoms with Gasteiger partial charge in [-0.25, -0.2) is 4.98 Å². The predicted molar refractivity (Wildman–Crippen MR) is 59.3 cm³/mol. The summed E-state index contributed by atoms with van der Waals surface area (Å²) in [5, 5.41) is 0.308. The third-order valence-corrected chi connectivity index (χ3v) is 1.93. The Bertz CT molecular complexity index is 326. The summed E-state index contributed by atoms with van der Waals surface area (Å²) in [6, 6.07) is 0. The van der Waals surface area contributed by atoms with Gasteiger partial charge in [0.25, 0.3) is 0 Å². The Morgan fingerprint density at radius 3 is 2.79 bits per heavy atom. The van der Waals surface area contributed by atoms with E-state index in [-0.39, 0.29) is 5.95 Å². The number of hydrogen-bond acceptors (Lipinski definition) is 4. The summed E-state index contributed by atoms with van der Waals surface area (Å²) in [6.45, 7) is 3.89. The fraction of sp³-hybridized carbons (Fsp3) is 0.444. The van der Waals surface area contributed by atoms with Crippen LogP contribution in [0, 0.1) is 6.92 Å². The van der Waals surface area contributed by atoms with Gasteiger partial charge in [-0.15, -0.1) is 0 Å². The van der Waals surface area contributed by atoms with Gasteiger partial charge in [0.1, 0.15) is 5.69 Å². The van der Waals surface area contributed by atoms with Crippen LogP contribution in [-0.2, 0) is 0 Å². The van der Waals surface area contributed by atoms with E-state index in [0.29, 0.717) is 16.5 Å². The molecule has 0 radical (unpaired) electrons. The van der Waals surface area contributed by atoms with Crippen LogP contribution in [0.1, 0.15) is 25.5 Å². The van der Waals surface area contributed by atoms with Crippen LogP contribution in [0.2, 0.25) is 5.15 Å². The third-order valence-electron chi connectivity index (χ3n) is 1.67. The number of nitrogens with two attached hydrogens (primary N) is 1. The van der Waals surface area contributed by atoms with E-state index < -0.39 is 0 Å². The molecule has 1 rings (SSSR count). The molecular weight excluding hydrogens is 200 g/mol. The molecule has 0 aromatic carbocycles. The van der Waals surface area contributed by atoms with E-state index in [1.54, 1.807) is 0 Å². The highest BCUT2D eigenvalue weighted by Crippen LogP contribution is 2.25. The first kappa shape index (κ1) is 10.9. The van der Waals surface area contributed by atoms with Gasteiger partial charge in [0.15, 0.2) is 5.15 Å². The highest BCUT2D eigenvalue weighted by Gasteiger charge is 2.06. The fourth-order valence-corrected chi connectivity index (χ4v) is 1.26. The van der Waals surface area contributed by atoms with Crippen molar-refractivity contribution in [1.29, 1.82) is 0 Å². The van der Waals surface area contributed by atoms with Gasteiger partial charge in [-0.3, -0.25) is 4.99 Å². The minimum absolute atomic E-state index is 0.182. The van der Waals surface area contributed by atoms with Gasteiger partial charge in [-0.1, -0.05) is 24.9 Å². The molecular formula is C9H13ClN4. The molecule has 0 aliphatic heterocycles. The maximum atomic E-state index is 5.87. The van der Waals surface area contributed by atoms with Crippen LogP contribution >= 0.6 is 11.6 Å². The van der Waals surface area contributed by atoms with Crippen molar-refractivity contribution < 1.29 is 0 Å². The lowest BCUT2D eigenvalue weighted by molar-refractivity contribution is 1.01. The van der Waals surface area contributed by atoms with E-state index in [9.17, 15) is 0 Å². The first-order chi connectivity index (χ1) is 6.65. The van der Waals surface area contributed by atoms with Crippen LogP contribution in [0.25, 0.3) is 0 Å². The molecule has 1 aromatic rings. The van der Waals surface area contributed by atoms with Crippen molar-refractivity contribution in [3.05, 3.63) is 10.8 Å². The Morgan fingerprint density at radius 2 is 2.21 bits per heavy atom. The standard InChI is InChI=1S/C9H13ClN4/c1-3-4-5-12-7-6(2)13-9(11)14-8(7)10/h5H,3-4H2,1-2H3,(H2,11,13,14). The average molecular weight is 213 g/mol. The number of nitrogen functional groups attached to an aromatic ring is 1. The second kappa shape index (κ2) is 4.91. The largest absolute Gasteiger partial charge is 0.368 e. The zero-order chi connectivity index (χ0) is 10.6. The quantitative estimate of drug-likeness (QED) is 0.619. The highest BCUT2D eigenvalue weighted by molar-refractivity contribution is 6.32. The van der Waals surface area contributed by atoms with Gasteiger partial charge in [-0.05, 0) is 13.3 Å². The van der Waals surface area contributed by atoms with E-state index in [1.165, 1.54) is 0 Å². The minimum Gasteiger partial charge on any atom is -0.368 e. The Labute approximate surface area is 88.2 Å². The summed E-state index contributed by atoms with van der Waals surface area (Å²) in [7, 11) is 0. The molecule has 5 heteroatoms. The first-order valence-corrected chi connectivity index (χ1v) is 4.85. The lowest BCUT2D eigenvalue weighted by atomic mass is 10.3. The molecule has 76 valence electrons. The number of halogens is 1. The van der Waals surface area contributed by atoms with Crippen molar-refractivity contribution >= 4 is 29.5 Å². The Morgan fingerprint density at radius 1 is 1.50 bits per heavy atom. The van der Waals surface area contributed by atoms with Crippen molar-refractivity contribution in [2.45, 2.75) is 26.7 Å². The number of rotatable bonds is 3. The Kier molecular flexibility index (Phi) is 3.83. The van der Waals surface area contributed by atoms with E-state index in [2.05, 4.69) is 21.9 Å². The second-order valence-electron chi connectivity index (χ2n) is 2.91. The SMILES string of the molecule is CCCC=Nc1c(C)nc(N)nc1Cl. The minimum atomic E-state index is 0.182. The average Bonchev–Trinajstić information content (AvgIpc) is 2.09. The van der Waals surface area contributed by atoms with Crippen molar-refractivity contribution in [1.82, 2.24) is 9.97 Å². The molecule has 1 aromatic heterocycles. The predicted octanol–water partition coefficient (Wildman–Crippen LogP) is 2.52. The van der Waals surface area contributed by atoms with E-state index in [4.69, 9.17) is 17.3 Å². The molecule has 0 unspecified atom stereocenters. The van der Waals surface area contributed by atoms with Gasteiger partial charge < -0.3 is 5.73 Å². The van der Waals surface area contributed by atoms with E-state index in [1.807, 2.05) is 13.1 Å². The number of hydrogen-bond donors (Lipinski definition) is 1. The number of nitrogens with zero attached hydrogens (tertiary/aromatic N) is 3. The zero-order valence-electron chi connectivity index (χ0n) is 8.29. The van der Waals surface area contributed by atoms with E-state index in [0.717, 1.165) is 12.8 Å². The normalized spacial score (nSPS) is 11.1. The molecule has 14 heavy (non-hydrogen) atoms. The van der Waals surface area contributed by atoms with Crippen molar-refractivity contribution in [2.24, 2.45) is 4.99 Å². The molecule has 0 saturated heterocycles. The van der Waals surface area contributed by atoms with Crippen molar-refractivity contribution in [3.63, 3.8) is 0 Å². The van der Waals surface area contributed by atoms with Gasteiger partial charge in [-0.2, -0.15) is 4.98 Å². The molecule has 0 atom stereocenters. The summed E-state index contributed by atoms with van der Waals surface area (Å²) in [6.07, 6.45) is 3.78. The number of aliphatic imine (C=N–C) groups is 1. The van der Waals surface area contributed by atoms with Gasteiger partial charge >= 0.3 is 0 Å². The van der Waals surface area contributed by atoms with Crippen LogP contribution in [-0.4, -0.2) is 16.2 Å². The molecule has 1 heterocycles. The second-order valence-corrected chi connectivity index (χ2v) is 3.26. The third kappa shape index (κ3) is 2.67. The molecule has 4 nitrogen and oxygen atoms in total. The maximum Gasteiger partial charge on any atom is 0.221 e. The van der Waals surface area contributed by atoms with Crippen molar-refractivity contribution in [2.75, 3.05) is 5.73 Å². The summed E-state index contributed by atoms with van der Waals surface area (Å²) >= 11 is 5.87. The molecule has 0 bridgehead atoms. The summed E-state index contributed by atoms with van der Waals surface area (Å²) in [5.74, 6) is 0.182. The van der Waals surface area contributed by atoms with Crippen LogP contribution in [0.3, 0.4) is 0 Å². The van der Waals surface area contributed by atoms with Gasteiger partial charge in [0.2, 0.25) is 5.95 Å². The molecule has 0 fully saturated rings. The monoisotopic (exact) mass is 212 g/mol. The molecule has 0 amide bonds. The van der Waals surface area contributed by atoms with Crippen LogP contribution < -0.4 is 5.73 Å². The first-order valence-electron chi connectivity index (χ1n) is 4.47. The number of aryl methyl sites for hydroxylation is 1. The van der Waals surface area contributed by atoms with Gasteiger partial charge in [0.05, 0.1) is 5.69 Å². The summed E-state index contributed by atoms with van der Waals surface area (Å²) in [4.78, 5) is 12.0. The van der Waals surface area contributed by atoms with Crippen LogP contribution in [0.5, 0.6) is 0 Å². The number of unbranched alkanes of at least 4 members (excludes halogenated alkanes) is 1. The summed E-state index contributed by atoms with van der Waals surface area (Å²) in [5.41, 5.74) is 6.73. The van der Waals surface area contributed by atoms with Crippen molar-refractivity contribution in [3.8, 4) is 0 Å². The molecule has 0 aliphatic carbocycles.